The van der Waals surface area contributed by atoms with Crippen LogP contribution in [0.4, 0.5) is 0 Å². The second-order valence-electron chi connectivity index (χ2n) is 10.8. The Kier molecular flexibility index (Phi) is 7.86. The highest BCUT2D eigenvalue weighted by Gasteiger charge is 2.32. The van der Waals surface area contributed by atoms with Crippen molar-refractivity contribution in [3.63, 3.8) is 0 Å². The lowest BCUT2D eigenvalue weighted by Gasteiger charge is -2.36. The maximum absolute atomic E-state index is 14.0. The van der Waals surface area contributed by atoms with E-state index in [0.717, 1.165) is 68.2 Å². The number of pyridine rings is 1. The van der Waals surface area contributed by atoms with Crippen LogP contribution in [0.1, 0.15) is 67.6 Å². The topological polar surface area (TPSA) is 62.4 Å². The Morgan fingerprint density at radius 1 is 1.03 bits per heavy atom. The number of benzene rings is 2. The first-order chi connectivity index (χ1) is 17.6. The van der Waals surface area contributed by atoms with Crippen LogP contribution in [-0.2, 0) is 16.1 Å². The number of aromatic nitrogens is 1. The molecule has 36 heavy (non-hydrogen) atoms. The summed E-state index contributed by atoms with van der Waals surface area (Å²) in [5.41, 5.74) is 3.78. The molecule has 2 aromatic carbocycles. The van der Waals surface area contributed by atoms with Gasteiger partial charge in [-0.1, -0.05) is 61.2 Å². The maximum Gasteiger partial charge on any atom is 0.253 e. The Morgan fingerprint density at radius 3 is 2.58 bits per heavy atom. The maximum atomic E-state index is 14.0. The molecule has 2 aliphatic rings. The molecule has 2 fully saturated rings. The van der Waals surface area contributed by atoms with Crippen LogP contribution in [0.5, 0.6) is 0 Å². The first-order valence-electron chi connectivity index (χ1n) is 13.6. The standard InChI is InChI=1S/C31H38N2O3/c1-22-14-15-29-26(17-22)18-27(30(34)32-29)19-33(31(35)24-11-6-3-7-12-24)20-28(23-9-4-2-5-10-23)25-13-8-16-36-21-25/h2,4-5,9-10,14-15,17-18,24-25,28H,3,6-8,11-13,16,19-21H2,1H3,(H,32,34). The number of H-pyrrole nitrogens is 1. The van der Waals surface area contributed by atoms with Crippen LogP contribution in [-0.4, -0.2) is 35.5 Å². The molecule has 2 heterocycles. The van der Waals surface area contributed by atoms with E-state index in [4.69, 9.17) is 4.74 Å². The van der Waals surface area contributed by atoms with Crippen molar-refractivity contribution in [3.8, 4) is 0 Å². The van der Waals surface area contributed by atoms with Gasteiger partial charge in [-0.15, -0.1) is 0 Å². The monoisotopic (exact) mass is 486 g/mol. The normalized spacial score (nSPS) is 19.8. The molecule has 3 aromatic rings. The van der Waals surface area contributed by atoms with E-state index in [-0.39, 0.29) is 23.3 Å². The summed E-state index contributed by atoms with van der Waals surface area (Å²) in [5.74, 6) is 0.803. The number of aryl methyl sites for hydroxylation is 1. The first kappa shape index (κ1) is 24.8. The minimum atomic E-state index is -0.106. The molecule has 1 amide bonds. The van der Waals surface area contributed by atoms with E-state index in [1.807, 2.05) is 29.2 Å². The van der Waals surface area contributed by atoms with Gasteiger partial charge in [0.2, 0.25) is 5.91 Å². The van der Waals surface area contributed by atoms with E-state index < -0.39 is 0 Å². The van der Waals surface area contributed by atoms with Gasteiger partial charge in [0.05, 0.1) is 13.2 Å². The van der Waals surface area contributed by atoms with E-state index in [1.165, 1.54) is 12.0 Å². The molecule has 1 aromatic heterocycles. The Balaban J connectivity index is 1.49. The van der Waals surface area contributed by atoms with Crippen LogP contribution in [0.15, 0.2) is 59.4 Å². The number of rotatable bonds is 7. The zero-order valence-corrected chi connectivity index (χ0v) is 21.4. The van der Waals surface area contributed by atoms with E-state index in [9.17, 15) is 9.59 Å². The molecule has 1 N–H and O–H groups in total. The van der Waals surface area contributed by atoms with Crippen LogP contribution in [0, 0.1) is 18.8 Å². The van der Waals surface area contributed by atoms with Crippen molar-refractivity contribution in [2.24, 2.45) is 11.8 Å². The Labute approximate surface area is 213 Å². The highest BCUT2D eigenvalue weighted by atomic mass is 16.5. The Morgan fingerprint density at radius 2 is 1.83 bits per heavy atom. The molecule has 190 valence electrons. The van der Waals surface area contributed by atoms with Crippen molar-refractivity contribution >= 4 is 16.8 Å². The molecule has 0 spiro atoms. The molecule has 0 bridgehead atoms. The van der Waals surface area contributed by atoms with Crippen molar-refractivity contribution in [1.82, 2.24) is 9.88 Å². The quantitative estimate of drug-likeness (QED) is 0.448. The van der Waals surface area contributed by atoms with E-state index in [1.54, 1.807) is 0 Å². The van der Waals surface area contributed by atoms with Crippen molar-refractivity contribution in [1.29, 1.82) is 0 Å². The molecule has 1 aliphatic carbocycles. The van der Waals surface area contributed by atoms with Crippen molar-refractivity contribution in [2.75, 3.05) is 19.8 Å². The Bertz CT molecular complexity index is 1220. The molecule has 1 aliphatic heterocycles. The minimum Gasteiger partial charge on any atom is -0.381 e. The fourth-order valence-corrected chi connectivity index (χ4v) is 6.08. The van der Waals surface area contributed by atoms with Gasteiger partial charge in [0.25, 0.3) is 5.56 Å². The summed E-state index contributed by atoms with van der Waals surface area (Å²) in [5, 5.41) is 1.01. The van der Waals surface area contributed by atoms with E-state index in [0.29, 0.717) is 24.6 Å². The zero-order chi connectivity index (χ0) is 24.9. The third kappa shape index (κ3) is 5.73. The summed E-state index contributed by atoms with van der Waals surface area (Å²) in [6, 6.07) is 18.6. The molecule has 5 heteroatoms. The van der Waals surface area contributed by atoms with Gasteiger partial charge in [0.1, 0.15) is 0 Å². The van der Waals surface area contributed by atoms with Crippen molar-refractivity contribution < 1.29 is 9.53 Å². The molecular formula is C31H38N2O3. The second kappa shape index (κ2) is 11.4. The van der Waals surface area contributed by atoms with Crippen LogP contribution < -0.4 is 5.56 Å². The predicted molar refractivity (Wildman–Crippen MR) is 144 cm³/mol. The number of hydrogen-bond donors (Lipinski definition) is 1. The summed E-state index contributed by atoms with van der Waals surface area (Å²) >= 11 is 0. The lowest BCUT2D eigenvalue weighted by atomic mass is 9.81. The number of nitrogens with one attached hydrogen (secondary N) is 1. The number of carbonyl (C=O) groups is 1. The summed E-state index contributed by atoms with van der Waals surface area (Å²) in [6.45, 7) is 4.54. The average molecular weight is 487 g/mol. The minimum absolute atomic E-state index is 0.0551. The smallest absolute Gasteiger partial charge is 0.253 e. The third-order valence-corrected chi connectivity index (χ3v) is 8.11. The highest BCUT2D eigenvalue weighted by molar-refractivity contribution is 5.81. The summed E-state index contributed by atoms with van der Waals surface area (Å²) in [7, 11) is 0. The van der Waals surface area contributed by atoms with Crippen molar-refractivity contribution in [2.45, 2.75) is 64.3 Å². The molecule has 5 rings (SSSR count). The van der Waals surface area contributed by atoms with Crippen molar-refractivity contribution in [3.05, 3.63) is 81.6 Å². The molecule has 0 radical (unpaired) electrons. The van der Waals surface area contributed by atoms with Gasteiger partial charge in [0, 0.05) is 36.1 Å². The number of hydrogen-bond acceptors (Lipinski definition) is 3. The number of carbonyl (C=O) groups excluding carboxylic acids is 1. The lowest BCUT2D eigenvalue weighted by molar-refractivity contribution is -0.138. The highest BCUT2D eigenvalue weighted by Crippen LogP contribution is 2.34. The largest absolute Gasteiger partial charge is 0.381 e. The van der Waals surface area contributed by atoms with Gasteiger partial charge in [0.15, 0.2) is 0 Å². The van der Waals surface area contributed by atoms with Crippen LogP contribution >= 0.6 is 0 Å². The van der Waals surface area contributed by atoms with Gasteiger partial charge in [-0.25, -0.2) is 0 Å². The first-order valence-corrected chi connectivity index (χ1v) is 13.6. The number of ether oxygens (including phenoxy) is 1. The summed E-state index contributed by atoms with van der Waals surface area (Å²) in [4.78, 5) is 32.1. The molecular weight excluding hydrogens is 448 g/mol. The second-order valence-corrected chi connectivity index (χ2v) is 10.8. The predicted octanol–water partition coefficient (Wildman–Crippen LogP) is 5.96. The molecule has 1 saturated heterocycles. The third-order valence-electron chi connectivity index (χ3n) is 8.11. The number of fused-ring (bicyclic) bond motifs is 1. The van der Waals surface area contributed by atoms with Gasteiger partial charge in [-0.2, -0.15) is 0 Å². The van der Waals surface area contributed by atoms with Gasteiger partial charge < -0.3 is 14.6 Å². The lowest BCUT2D eigenvalue weighted by Crippen LogP contribution is -2.42. The van der Waals surface area contributed by atoms with Crippen LogP contribution in [0.25, 0.3) is 10.9 Å². The average Bonchev–Trinajstić information content (AvgIpc) is 2.92. The molecule has 2 atom stereocenters. The molecule has 1 saturated carbocycles. The fraction of sp³-hybridized carbons (Fsp3) is 0.484. The van der Waals surface area contributed by atoms with Crippen LogP contribution in [0.2, 0.25) is 0 Å². The number of amides is 1. The summed E-state index contributed by atoms with van der Waals surface area (Å²) < 4.78 is 5.88. The SMILES string of the molecule is Cc1ccc2[nH]c(=O)c(CN(CC(c3ccccc3)C3CCCOC3)C(=O)C3CCCCC3)cc2c1. The number of nitrogens with zero attached hydrogens (tertiary/aromatic N) is 1. The molecule has 2 unspecified atom stereocenters. The molecule has 5 nitrogen and oxygen atoms in total. The van der Waals surface area contributed by atoms with Gasteiger partial charge in [-0.05, 0) is 67.7 Å². The number of aromatic amines is 1. The zero-order valence-electron chi connectivity index (χ0n) is 21.4. The van der Waals surface area contributed by atoms with Crippen LogP contribution in [0.3, 0.4) is 0 Å². The van der Waals surface area contributed by atoms with E-state index >= 15 is 0 Å². The summed E-state index contributed by atoms with van der Waals surface area (Å²) in [6.07, 6.45) is 7.47. The van der Waals surface area contributed by atoms with Gasteiger partial charge in [-0.3, -0.25) is 9.59 Å². The Hall–Kier alpha value is -2.92. The fourth-order valence-electron chi connectivity index (χ4n) is 6.08. The van der Waals surface area contributed by atoms with Gasteiger partial charge >= 0.3 is 0 Å². The van der Waals surface area contributed by atoms with E-state index in [2.05, 4.69) is 42.2 Å².